The molecule has 0 aromatic heterocycles. The summed E-state index contributed by atoms with van der Waals surface area (Å²) in [7, 11) is 0. The molecule has 152 valence electrons. The fourth-order valence-electron chi connectivity index (χ4n) is 2.62. The highest BCUT2D eigenvalue weighted by Gasteiger charge is 2.27. The Morgan fingerprint density at radius 1 is 1.14 bits per heavy atom. The summed E-state index contributed by atoms with van der Waals surface area (Å²) in [5, 5.41) is 3.06. The normalized spacial score (nSPS) is 17.4. The highest BCUT2D eigenvalue weighted by atomic mass is 35.5. The zero-order valence-corrected chi connectivity index (χ0v) is 17.1. The maximum atomic E-state index is 12.6. The SMILES string of the molecule is CCOC(=O)COc1ccc(C(=O)C=C2CN[C@H](C(=O)OCC)C2)c(Cl)c1Cl. The first-order chi connectivity index (χ1) is 13.4. The first-order valence-electron chi connectivity index (χ1n) is 8.77. The van der Waals surface area contributed by atoms with E-state index in [0.717, 1.165) is 5.57 Å². The van der Waals surface area contributed by atoms with Gasteiger partial charge in [-0.1, -0.05) is 28.8 Å². The van der Waals surface area contributed by atoms with Crippen molar-refractivity contribution in [3.05, 3.63) is 39.4 Å². The molecule has 1 aromatic carbocycles. The summed E-state index contributed by atoms with van der Waals surface area (Å²) < 4.78 is 15.0. The largest absolute Gasteiger partial charge is 0.480 e. The third-order valence-electron chi connectivity index (χ3n) is 3.91. The molecule has 2 rings (SSSR count). The fourth-order valence-corrected chi connectivity index (χ4v) is 3.08. The molecule has 0 unspecified atom stereocenters. The molecule has 9 heteroatoms. The van der Waals surface area contributed by atoms with Crippen LogP contribution in [0.15, 0.2) is 23.8 Å². The summed E-state index contributed by atoms with van der Waals surface area (Å²) >= 11 is 12.4. The summed E-state index contributed by atoms with van der Waals surface area (Å²) in [5.41, 5.74) is 0.958. The van der Waals surface area contributed by atoms with E-state index in [1.165, 1.54) is 18.2 Å². The Morgan fingerprint density at radius 3 is 2.54 bits per heavy atom. The smallest absolute Gasteiger partial charge is 0.344 e. The van der Waals surface area contributed by atoms with Crippen molar-refractivity contribution >= 4 is 40.9 Å². The third kappa shape index (κ3) is 5.70. The molecule has 1 aromatic rings. The van der Waals surface area contributed by atoms with Crippen LogP contribution < -0.4 is 10.1 Å². The molecule has 0 spiro atoms. The molecule has 1 aliphatic heterocycles. The number of ether oxygens (including phenoxy) is 3. The lowest BCUT2D eigenvalue weighted by molar-refractivity contribution is -0.146. The minimum atomic E-state index is -0.538. The van der Waals surface area contributed by atoms with Crippen LogP contribution in [0.25, 0.3) is 0 Å². The molecule has 1 heterocycles. The van der Waals surface area contributed by atoms with Gasteiger partial charge in [0, 0.05) is 12.1 Å². The van der Waals surface area contributed by atoms with Gasteiger partial charge in [-0.3, -0.25) is 9.59 Å². The van der Waals surface area contributed by atoms with Crippen molar-refractivity contribution in [1.29, 1.82) is 0 Å². The van der Waals surface area contributed by atoms with E-state index in [1.807, 2.05) is 0 Å². The van der Waals surface area contributed by atoms with Gasteiger partial charge in [-0.15, -0.1) is 0 Å². The zero-order valence-electron chi connectivity index (χ0n) is 15.6. The van der Waals surface area contributed by atoms with Gasteiger partial charge in [0.15, 0.2) is 12.4 Å². The molecule has 0 amide bonds. The Hall–Kier alpha value is -2.09. The Morgan fingerprint density at radius 2 is 1.86 bits per heavy atom. The van der Waals surface area contributed by atoms with Gasteiger partial charge in [0.2, 0.25) is 0 Å². The van der Waals surface area contributed by atoms with Gasteiger partial charge in [0.25, 0.3) is 0 Å². The summed E-state index contributed by atoms with van der Waals surface area (Å²) in [6.45, 7) is 4.05. The predicted molar refractivity (Wildman–Crippen MR) is 104 cm³/mol. The van der Waals surface area contributed by atoms with E-state index in [-0.39, 0.29) is 46.3 Å². The second-order valence-electron chi connectivity index (χ2n) is 5.89. The lowest BCUT2D eigenvalue weighted by Crippen LogP contribution is -2.32. The molecular weight excluding hydrogens is 409 g/mol. The van der Waals surface area contributed by atoms with E-state index in [9.17, 15) is 14.4 Å². The monoisotopic (exact) mass is 429 g/mol. The van der Waals surface area contributed by atoms with Crippen LogP contribution in [-0.2, 0) is 19.1 Å². The van der Waals surface area contributed by atoms with Crippen LogP contribution >= 0.6 is 23.2 Å². The van der Waals surface area contributed by atoms with Crippen molar-refractivity contribution < 1.29 is 28.6 Å². The number of benzene rings is 1. The Bertz CT molecular complexity index is 793. The van der Waals surface area contributed by atoms with Crippen molar-refractivity contribution in [2.24, 2.45) is 0 Å². The Balaban J connectivity index is 2.07. The number of carbonyl (C=O) groups excluding carboxylic acids is 3. The average Bonchev–Trinajstić information content (AvgIpc) is 3.12. The van der Waals surface area contributed by atoms with E-state index in [4.69, 9.17) is 37.4 Å². The highest BCUT2D eigenvalue weighted by molar-refractivity contribution is 6.45. The lowest BCUT2D eigenvalue weighted by Gasteiger charge is -2.10. The lowest BCUT2D eigenvalue weighted by atomic mass is 10.1. The summed E-state index contributed by atoms with van der Waals surface area (Å²) in [6.07, 6.45) is 1.82. The number of allylic oxidation sites excluding steroid dienone is 1. The fraction of sp³-hybridized carbons (Fsp3) is 0.421. The first-order valence-corrected chi connectivity index (χ1v) is 9.53. The summed E-state index contributed by atoms with van der Waals surface area (Å²) in [5.74, 6) is -1.05. The van der Waals surface area contributed by atoms with Crippen LogP contribution in [0.3, 0.4) is 0 Å². The number of hydrogen-bond acceptors (Lipinski definition) is 7. The van der Waals surface area contributed by atoms with Crippen LogP contribution in [0, 0.1) is 0 Å². The van der Waals surface area contributed by atoms with E-state index < -0.39 is 12.0 Å². The van der Waals surface area contributed by atoms with Gasteiger partial charge >= 0.3 is 11.9 Å². The highest BCUT2D eigenvalue weighted by Crippen LogP contribution is 2.35. The minimum Gasteiger partial charge on any atom is -0.480 e. The average molecular weight is 430 g/mol. The van der Waals surface area contributed by atoms with Crippen LogP contribution in [0.1, 0.15) is 30.6 Å². The molecule has 28 heavy (non-hydrogen) atoms. The molecular formula is C19H21Cl2NO6. The number of hydrogen-bond donors (Lipinski definition) is 1. The zero-order chi connectivity index (χ0) is 20.7. The van der Waals surface area contributed by atoms with Gasteiger partial charge in [0.05, 0.1) is 18.2 Å². The number of ketones is 1. The standard InChI is InChI=1S/C19H21Cl2NO6/c1-3-26-16(24)10-28-15-6-5-12(17(20)18(15)21)14(23)8-11-7-13(22-9-11)19(25)27-4-2/h5-6,8,13,22H,3-4,7,9-10H2,1-2H3/t13-/m0/s1. The van der Waals surface area contributed by atoms with Crippen molar-refractivity contribution in [3.63, 3.8) is 0 Å². The molecule has 1 fully saturated rings. The van der Waals surface area contributed by atoms with Gasteiger partial charge in [-0.05, 0) is 38.5 Å². The van der Waals surface area contributed by atoms with Crippen LogP contribution in [-0.4, -0.2) is 50.1 Å². The van der Waals surface area contributed by atoms with Gasteiger partial charge in [-0.2, -0.15) is 0 Å². The quantitative estimate of drug-likeness (QED) is 0.385. The third-order valence-corrected chi connectivity index (χ3v) is 4.78. The summed E-state index contributed by atoms with van der Waals surface area (Å²) in [4.78, 5) is 35.7. The Labute approximate surface area is 172 Å². The molecule has 0 saturated carbocycles. The molecule has 0 aliphatic carbocycles. The minimum absolute atomic E-state index is 0.0257. The van der Waals surface area contributed by atoms with Crippen molar-refractivity contribution in [2.75, 3.05) is 26.4 Å². The molecule has 1 atom stereocenters. The number of carbonyl (C=O) groups is 3. The molecule has 7 nitrogen and oxygen atoms in total. The number of nitrogens with one attached hydrogen (secondary N) is 1. The maximum absolute atomic E-state index is 12.6. The van der Waals surface area contributed by atoms with Crippen molar-refractivity contribution in [3.8, 4) is 5.75 Å². The maximum Gasteiger partial charge on any atom is 0.344 e. The molecule has 1 N–H and O–H groups in total. The second-order valence-corrected chi connectivity index (χ2v) is 6.65. The van der Waals surface area contributed by atoms with Crippen LogP contribution in [0.4, 0.5) is 0 Å². The predicted octanol–water partition coefficient (Wildman–Crippen LogP) is 2.97. The van der Waals surface area contributed by atoms with E-state index in [1.54, 1.807) is 13.8 Å². The van der Waals surface area contributed by atoms with Gasteiger partial charge in [0.1, 0.15) is 16.8 Å². The number of esters is 2. The first kappa shape index (κ1) is 22.2. The van der Waals surface area contributed by atoms with Crippen LogP contribution in [0.2, 0.25) is 10.0 Å². The number of halogens is 2. The van der Waals surface area contributed by atoms with Crippen LogP contribution in [0.5, 0.6) is 5.75 Å². The van der Waals surface area contributed by atoms with Crippen molar-refractivity contribution in [2.45, 2.75) is 26.3 Å². The molecule has 1 aliphatic rings. The summed E-state index contributed by atoms with van der Waals surface area (Å²) in [6, 6.07) is 2.48. The Kier molecular flexibility index (Phi) is 8.29. The number of rotatable bonds is 8. The topological polar surface area (TPSA) is 90.9 Å². The second kappa shape index (κ2) is 10.5. The van der Waals surface area contributed by atoms with Gasteiger partial charge in [-0.25, -0.2) is 4.79 Å². The van der Waals surface area contributed by atoms with E-state index in [2.05, 4.69) is 5.32 Å². The van der Waals surface area contributed by atoms with E-state index in [0.29, 0.717) is 19.6 Å². The molecule has 0 bridgehead atoms. The van der Waals surface area contributed by atoms with Gasteiger partial charge < -0.3 is 19.5 Å². The van der Waals surface area contributed by atoms with E-state index >= 15 is 0 Å². The van der Waals surface area contributed by atoms with Crippen molar-refractivity contribution in [1.82, 2.24) is 5.32 Å². The molecule has 1 saturated heterocycles. The molecule has 0 radical (unpaired) electrons.